The van der Waals surface area contributed by atoms with E-state index < -0.39 is 0 Å². The third-order valence-corrected chi connectivity index (χ3v) is 5.39. The normalized spacial score (nSPS) is 11.0. The Morgan fingerprint density at radius 3 is 2.90 bits per heavy atom. The number of anilines is 1. The fourth-order valence-electron chi connectivity index (χ4n) is 1.78. The van der Waals surface area contributed by atoms with Gasteiger partial charge in [0.2, 0.25) is 5.95 Å². The van der Waals surface area contributed by atoms with E-state index >= 15 is 0 Å². The molecular formula is C13H12BrN5S2. The lowest BCUT2D eigenvalue weighted by atomic mass is 10.3. The summed E-state index contributed by atoms with van der Waals surface area (Å²) in [6.07, 6.45) is 2.75. The van der Waals surface area contributed by atoms with Crippen LogP contribution in [0.25, 0.3) is 10.2 Å². The highest BCUT2D eigenvalue weighted by Crippen LogP contribution is 2.35. The summed E-state index contributed by atoms with van der Waals surface area (Å²) in [5, 5.41) is 2.79. The Balaban J connectivity index is 2.06. The SMILES string of the molecule is CCc1cc2c(Sc3ccc(Br)cn3)nc(NN)nc2s1. The number of hydrogen-bond donors (Lipinski definition) is 2. The van der Waals surface area contributed by atoms with Crippen molar-refractivity contribution in [1.29, 1.82) is 0 Å². The van der Waals surface area contributed by atoms with E-state index in [1.807, 2.05) is 12.1 Å². The van der Waals surface area contributed by atoms with Gasteiger partial charge in [-0.15, -0.1) is 11.3 Å². The van der Waals surface area contributed by atoms with Crippen LogP contribution in [0.5, 0.6) is 0 Å². The van der Waals surface area contributed by atoms with Crippen molar-refractivity contribution in [2.75, 3.05) is 5.43 Å². The van der Waals surface area contributed by atoms with Crippen molar-refractivity contribution in [3.05, 3.63) is 33.7 Å². The van der Waals surface area contributed by atoms with Gasteiger partial charge in [0, 0.05) is 20.9 Å². The molecule has 21 heavy (non-hydrogen) atoms. The van der Waals surface area contributed by atoms with Crippen molar-refractivity contribution in [3.63, 3.8) is 0 Å². The van der Waals surface area contributed by atoms with E-state index in [-0.39, 0.29) is 0 Å². The Labute approximate surface area is 138 Å². The topological polar surface area (TPSA) is 76.7 Å². The molecule has 0 atom stereocenters. The molecule has 0 saturated heterocycles. The van der Waals surface area contributed by atoms with Gasteiger partial charge in [-0.1, -0.05) is 6.92 Å². The standard InChI is InChI=1S/C13H12BrN5S2/c1-2-8-5-9-11(20-8)17-13(19-15)18-12(9)21-10-4-3-7(14)6-16-10/h3-6H,2,15H2,1H3,(H,17,18,19). The lowest BCUT2D eigenvalue weighted by Gasteiger charge is -2.04. The summed E-state index contributed by atoms with van der Waals surface area (Å²) < 4.78 is 0.952. The van der Waals surface area contributed by atoms with Gasteiger partial charge in [0.15, 0.2) is 0 Å². The van der Waals surface area contributed by atoms with E-state index in [1.165, 1.54) is 16.6 Å². The van der Waals surface area contributed by atoms with E-state index in [2.05, 4.69) is 49.3 Å². The molecule has 0 unspecified atom stereocenters. The van der Waals surface area contributed by atoms with Crippen LogP contribution in [0.1, 0.15) is 11.8 Å². The van der Waals surface area contributed by atoms with Crippen LogP contribution in [0.15, 0.2) is 38.9 Å². The molecule has 0 aliphatic heterocycles. The molecule has 0 aromatic carbocycles. The Bertz CT molecular complexity index is 772. The summed E-state index contributed by atoms with van der Waals surface area (Å²) in [4.78, 5) is 15.5. The zero-order valence-electron chi connectivity index (χ0n) is 11.1. The monoisotopic (exact) mass is 381 g/mol. The Morgan fingerprint density at radius 2 is 2.24 bits per heavy atom. The fraction of sp³-hybridized carbons (Fsp3) is 0.154. The molecule has 0 amide bonds. The molecule has 0 spiro atoms. The summed E-state index contributed by atoms with van der Waals surface area (Å²) in [6.45, 7) is 2.13. The van der Waals surface area contributed by atoms with E-state index in [4.69, 9.17) is 5.84 Å². The van der Waals surface area contributed by atoms with Crippen molar-refractivity contribution in [3.8, 4) is 0 Å². The van der Waals surface area contributed by atoms with Gasteiger partial charge in [-0.25, -0.2) is 20.8 Å². The highest BCUT2D eigenvalue weighted by Gasteiger charge is 2.12. The lowest BCUT2D eigenvalue weighted by Crippen LogP contribution is -2.10. The minimum Gasteiger partial charge on any atom is -0.292 e. The van der Waals surface area contributed by atoms with Gasteiger partial charge < -0.3 is 0 Å². The second kappa shape index (κ2) is 6.27. The van der Waals surface area contributed by atoms with Crippen molar-refractivity contribution >= 4 is 55.2 Å². The molecule has 3 aromatic rings. The van der Waals surface area contributed by atoms with Crippen molar-refractivity contribution < 1.29 is 0 Å². The van der Waals surface area contributed by atoms with Gasteiger partial charge in [0.1, 0.15) is 14.9 Å². The van der Waals surface area contributed by atoms with E-state index in [0.29, 0.717) is 5.95 Å². The number of nitrogens with one attached hydrogen (secondary N) is 1. The van der Waals surface area contributed by atoms with Gasteiger partial charge in [0.05, 0.1) is 0 Å². The molecule has 108 valence electrons. The second-order valence-corrected chi connectivity index (χ2v) is 7.24. The quantitative estimate of drug-likeness (QED) is 0.406. The van der Waals surface area contributed by atoms with Crippen molar-refractivity contribution in [2.24, 2.45) is 5.84 Å². The number of rotatable bonds is 4. The molecular weight excluding hydrogens is 370 g/mol. The number of thiophene rings is 1. The zero-order valence-corrected chi connectivity index (χ0v) is 14.3. The molecule has 0 saturated carbocycles. The molecule has 8 heteroatoms. The predicted molar refractivity (Wildman–Crippen MR) is 90.7 cm³/mol. The first-order chi connectivity index (χ1) is 10.2. The Morgan fingerprint density at radius 1 is 1.38 bits per heavy atom. The average molecular weight is 382 g/mol. The molecule has 3 N–H and O–H groups in total. The number of fused-ring (bicyclic) bond motifs is 1. The smallest absolute Gasteiger partial charge is 0.239 e. The molecule has 0 radical (unpaired) electrons. The van der Waals surface area contributed by atoms with E-state index in [0.717, 1.165) is 31.2 Å². The van der Waals surface area contributed by atoms with Crippen LogP contribution < -0.4 is 11.3 Å². The molecule has 3 aromatic heterocycles. The van der Waals surface area contributed by atoms with Crippen molar-refractivity contribution in [2.45, 2.75) is 23.4 Å². The molecule has 0 aliphatic carbocycles. The number of aryl methyl sites for hydroxylation is 1. The summed E-state index contributed by atoms with van der Waals surface area (Å²) in [5.74, 6) is 5.88. The first kappa shape index (κ1) is 14.7. The molecule has 3 rings (SSSR count). The summed E-state index contributed by atoms with van der Waals surface area (Å²) in [5.41, 5.74) is 2.52. The first-order valence-corrected chi connectivity index (χ1v) is 8.68. The van der Waals surface area contributed by atoms with Gasteiger partial charge in [0.25, 0.3) is 0 Å². The number of pyridine rings is 1. The number of nitrogens with two attached hydrogens (primary N) is 1. The largest absolute Gasteiger partial charge is 0.292 e. The van der Waals surface area contributed by atoms with Crippen LogP contribution in [0.2, 0.25) is 0 Å². The fourth-order valence-corrected chi connectivity index (χ4v) is 3.89. The molecule has 3 heterocycles. The van der Waals surface area contributed by atoms with Gasteiger partial charge in [-0.3, -0.25) is 5.43 Å². The number of hydrazine groups is 1. The number of halogens is 1. The second-order valence-electron chi connectivity index (χ2n) is 4.20. The van der Waals surface area contributed by atoms with E-state index in [1.54, 1.807) is 17.5 Å². The predicted octanol–water partition coefficient (Wildman–Crippen LogP) is 3.85. The molecule has 0 bridgehead atoms. The minimum atomic E-state index is 0.423. The highest BCUT2D eigenvalue weighted by atomic mass is 79.9. The molecule has 5 nitrogen and oxygen atoms in total. The van der Waals surface area contributed by atoms with Crippen LogP contribution in [0.4, 0.5) is 5.95 Å². The Hall–Kier alpha value is -1.22. The number of hydrogen-bond acceptors (Lipinski definition) is 7. The maximum absolute atomic E-state index is 5.46. The molecule has 0 fully saturated rings. The third kappa shape index (κ3) is 3.18. The van der Waals surface area contributed by atoms with Gasteiger partial charge >= 0.3 is 0 Å². The average Bonchev–Trinajstić information content (AvgIpc) is 2.92. The van der Waals surface area contributed by atoms with Crippen LogP contribution in [0.3, 0.4) is 0 Å². The van der Waals surface area contributed by atoms with Gasteiger partial charge in [-0.05, 0) is 52.3 Å². The van der Waals surface area contributed by atoms with Crippen LogP contribution in [-0.4, -0.2) is 15.0 Å². The third-order valence-electron chi connectivity index (χ3n) is 2.79. The number of nitrogens with zero attached hydrogens (tertiary/aromatic N) is 3. The summed E-state index contributed by atoms with van der Waals surface area (Å²) in [6, 6.07) is 6.05. The maximum Gasteiger partial charge on any atom is 0.239 e. The summed E-state index contributed by atoms with van der Waals surface area (Å²) in [7, 11) is 0. The van der Waals surface area contributed by atoms with Crippen LogP contribution in [0, 0.1) is 0 Å². The Kier molecular flexibility index (Phi) is 4.39. The maximum atomic E-state index is 5.46. The van der Waals surface area contributed by atoms with Crippen molar-refractivity contribution in [1.82, 2.24) is 15.0 Å². The van der Waals surface area contributed by atoms with E-state index in [9.17, 15) is 0 Å². The summed E-state index contributed by atoms with van der Waals surface area (Å²) >= 11 is 6.56. The highest BCUT2D eigenvalue weighted by molar-refractivity contribution is 9.10. The number of nitrogen functional groups attached to an aromatic ring is 1. The lowest BCUT2D eigenvalue weighted by molar-refractivity contribution is 1.06. The number of aromatic nitrogens is 3. The zero-order chi connectivity index (χ0) is 14.8. The van der Waals surface area contributed by atoms with Crippen LogP contribution in [-0.2, 0) is 6.42 Å². The first-order valence-electron chi connectivity index (χ1n) is 6.26. The van der Waals surface area contributed by atoms with Crippen LogP contribution >= 0.6 is 39.0 Å². The minimum absolute atomic E-state index is 0.423. The molecule has 0 aliphatic rings. The van der Waals surface area contributed by atoms with Gasteiger partial charge in [-0.2, -0.15) is 0 Å².